The number of rotatable bonds is 3. The van der Waals surface area contributed by atoms with Crippen LogP contribution in [-0.2, 0) is 4.74 Å². The predicted octanol–water partition coefficient (Wildman–Crippen LogP) is 1.79. The Morgan fingerprint density at radius 2 is 1.89 bits per heavy atom. The largest absolute Gasteiger partial charge is 0.477 e. The van der Waals surface area contributed by atoms with Crippen molar-refractivity contribution in [1.82, 2.24) is 4.98 Å². The number of aromatic carboxylic acids is 1. The van der Waals surface area contributed by atoms with Crippen molar-refractivity contribution in [3.8, 4) is 0 Å². The van der Waals surface area contributed by atoms with Gasteiger partial charge in [0, 0.05) is 0 Å². The monoisotopic (exact) mass is 253 g/mol. The van der Waals surface area contributed by atoms with Gasteiger partial charge in [0.1, 0.15) is 11.3 Å². The van der Waals surface area contributed by atoms with Crippen LogP contribution in [0.1, 0.15) is 57.7 Å². The van der Waals surface area contributed by atoms with Gasteiger partial charge < -0.3 is 14.8 Å². The molecule has 18 heavy (non-hydrogen) atoms. The summed E-state index contributed by atoms with van der Waals surface area (Å²) < 4.78 is 5.13. The standard InChI is InChI=1S/C12H15NO5/c1-6-8(11(17)18-12(2,3)4)7(5-14)13-9(6)10(15)16/h5,13H,1-4H3,(H,15,16). The minimum atomic E-state index is -1.23. The van der Waals surface area contributed by atoms with Crippen molar-refractivity contribution < 1.29 is 24.2 Å². The van der Waals surface area contributed by atoms with E-state index < -0.39 is 17.5 Å². The van der Waals surface area contributed by atoms with Crippen LogP contribution in [0.2, 0.25) is 0 Å². The highest BCUT2D eigenvalue weighted by molar-refractivity contribution is 6.03. The van der Waals surface area contributed by atoms with Crippen molar-refractivity contribution in [2.45, 2.75) is 33.3 Å². The molecule has 0 aromatic carbocycles. The number of carbonyl (C=O) groups excluding carboxylic acids is 2. The maximum atomic E-state index is 11.9. The molecule has 6 nitrogen and oxygen atoms in total. The van der Waals surface area contributed by atoms with Crippen LogP contribution in [0.15, 0.2) is 0 Å². The maximum Gasteiger partial charge on any atom is 0.352 e. The van der Waals surface area contributed by atoms with Gasteiger partial charge in [-0.3, -0.25) is 4.79 Å². The van der Waals surface area contributed by atoms with Crippen molar-refractivity contribution in [3.63, 3.8) is 0 Å². The number of hydrogen-bond donors (Lipinski definition) is 2. The van der Waals surface area contributed by atoms with Crippen LogP contribution in [0.3, 0.4) is 0 Å². The van der Waals surface area contributed by atoms with Gasteiger partial charge in [-0.05, 0) is 33.3 Å². The molecule has 0 saturated heterocycles. The van der Waals surface area contributed by atoms with E-state index in [1.54, 1.807) is 20.8 Å². The molecule has 1 heterocycles. The zero-order valence-electron chi connectivity index (χ0n) is 10.7. The topological polar surface area (TPSA) is 96.5 Å². The molecule has 6 heteroatoms. The molecular weight excluding hydrogens is 238 g/mol. The summed E-state index contributed by atoms with van der Waals surface area (Å²) in [7, 11) is 0. The number of H-pyrrole nitrogens is 1. The van der Waals surface area contributed by atoms with Gasteiger partial charge in [-0.15, -0.1) is 0 Å². The Morgan fingerprint density at radius 3 is 2.28 bits per heavy atom. The van der Waals surface area contributed by atoms with Crippen molar-refractivity contribution in [2.24, 2.45) is 0 Å². The molecule has 0 fully saturated rings. The zero-order chi connectivity index (χ0) is 14.1. The molecular formula is C12H15NO5. The van der Waals surface area contributed by atoms with Crippen LogP contribution in [-0.4, -0.2) is 33.9 Å². The van der Waals surface area contributed by atoms with E-state index in [0.717, 1.165) is 0 Å². The average molecular weight is 253 g/mol. The van der Waals surface area contributed by atoms with Gasteiger partial charge in [-0.1, -0.05) is 0 Å². The second kappa shape index (κ2) is 4.64. The summed E-state index contributed by atoms with van der Waals surface area (Å²) in [6.45, 7) is 6.51. The smallest absolute Gasteiger partial charge is 0.352 e. The van der Waals surface area contributed by atoms with Crippen molar-refractivity contribution in [3.05, 3.63) is 22.5 Å². The van der Waals surface area contributed by atoms with E-state index in [4.69, 9.17) is 9.84 Å². The lowest BCUT2D eigenvalue weighted by molar-refractivity contribution is 0.00677. The Hall–Kier alpha value is -2.11. The van der Waals surface area contributed by atoms with Crippen LogP contribution in [0.5, 0.6) is 0 Å². The lowest BCUT2D eigenvalue weighted by Crippen LogP contribution is -2.24. The number of carboxylic acid groups (broad SMARTS) is 1. The zero-order valence-corrected chi connectivity index (χ0v) is 10.7. The van der Waals surface area contributed by atoms with E-state index in [1.165, 1.54) is 6.92 Å². The summed E-state index contributed by atoms with van der Waals surface area (Å²) >= 11 is 0. The molecule has 0 amide bonds. The fourth-order valence-electron chi connectivity index (χ4n) is 1.51. The summed E-state index contributed by atoms with van der Waals surface area (Å²) in [6, 6.07) is 0. The third-order valence-corrected chi connectivity index (χ3v) is 2.21. The van der Waals surface area contributed by atoms with Gasteiger partial charge in [0.05, 0.1) is 11.3 Å². The highest BCUT2D eigenvalue weighted by atomic mass is 16.6. The minimum absolute atomic E-state index is 0.0303. The first-order valence-electron chi connectivity index (χ1n) is 5.31. The van der Waals surface area contributed by atoms with Crippen LogP contribution in [0.4, 0.5) is 0 Å². The first kappa shape index (κ1) is 14.0. The SMILES string of the molecule is Cc1c(C(=O)O)[nH]c(C=O)c1C(=O)OC(C)(C)C. The molecule has 0 saturated carbocycles. The Morgan fingerprint density at radius 1 is 1.33 bits per heavy atom. The van der Waals surface area contributed by atoms with Crippen LogP contribution >= 0.6 is 0 Å². The first-order valence-corrected chi connectivity index (χ1v) is 5.31. The molecule has 2 N–H and O–H groups in total. The summed E-state index contributed by atoms with van der Waals surface area (Å²) in [5.41, 5.74) is -0.821. The number of esters is 1. The number of carbonyl (C=O) groups is 3. The lowest BCUT2D eigenvalue weighted by atomic mass is 10.1. The third-order valence-electron chi connectivity index (χ3n) is 2.21. The number of ether oxygens (including phenoxy) is 1. The number of nitrogens with one attached hydrogen (secondary N) is 1. The molecule has 0 atom stereocenters. The molecule has 1 aromatic rings. The van der Waals surface area contributed by atoms with Gasteiger partial charge in [-0.25, -0.2) is 9.59 Å². The van der Waals surface area contributed by atoms with E-state index in [-0.39, 0.29) is 22.5 Å². The van der Waals surface area contributed by atoms with E-state index >= 15 is 0 Å². The predicted molar refractivity (Wildman–Crippen MR) is 63.0 cm³/mol. The highest BCUT2D eigenvalue weighted by Crippen LogP contribution is 2.21. The van der Waals surface area contributed by atoms with Gasteiger partial charge in [0.15, 0.2) is 6.29 Å². The highest BCUT2D eigenvalue weighted by Gasteiger charge is 2.27. The minimum Gasteiger partial charge on any atom is -0.477 e. The molecule has 0 aliphatic carbocycles. The maximum absolute atomic E-state index is 11.9. The Labute approximate surface area is 104 Å². The van der Waals surface area contributed by atoms with Crippen molar-refractivity contribution in [1.29, 1.82) is 0 Å². The summed E-state index contributed by atoms with van der Waals surface area (Å²) in [5, 5.41) is 8.91. The summed E-state index contributed by atoms with van der Waals surface area (Å²) in [4.78, 5) is 36.1. The number of carboxylic acids is 1. The fourth-order valence-corrected chi connectivity index (χ4v) is 1.51. The molecule has 98 valence electrons. The Balaban J connectivity index is 3.27. The van der Waals surface area contributed by atoms with Crippen LogP contribution < -0.4 is 0 Å². The van der Waals surface area contributed by atoms with Gasteiger partial charge in [-0.2, -0.15) is 0 Å². The number of aldehydes is 1. The first-order chi connectivity index (χ1) is 8.17. The molecule has 0 unspecified atom stereocenters. The number of aromatic nitrogens is 1. The molecule has 0 aliphatic heterocycles. The molecule has 0 spiro atoms. The molecule has 0 aliphatic rings. The number of hydrogen-bond acceptors (Lipinski definition) is 4. The fraction of sp³-hybridized carbons (Fsp3) is 0.417. The second-order valence-corrected chi connectivity index (χ2v) is 4.84. The van der Waals surface area contributed by atoms with Crippen LogP contribution in [0.25, 0.3) is 0 Å². The van der Waals surface area contributed by atoms with E-state index in [2.05, 4.69) is 4.98 Å². The normalized spacial score (nSPS) is 11.1. The van der Waals surface area contributed by atoms with Crippen molar-refractivity contribution >= 4 is 18.2 Å². The van der Waals surface area contributed by atoms with Gasteiger partial charge in [0.25, 0.3) is 0 Å². The third kappa shape index (κ3) is 2.77. The van der Waals surface area contributed by atoms with Gasteiger partial charge in [0.2, 0.25) is 0 Å². The molecule has 1 rings (SSSR count). The second-order valence-electron chi connectivity index (χ2n) is 4.84. The van der Waals surface area contributed by atoms with E-state index in [9.17, 15) is 14.4 Å². The lowest BCUT2D eigenvalue weighted by Gasteiger charge is -2.19. The molecule has 0 radical (unpaired) electrons. The molecule has 1 aromatic heterocycles. The quantitative estimate of drug-likeness (QED) is 0.632. The average Bonchev–Trinajstić information content (AvgIpc) is 2.52. The summed E-state index contributed by atoms with van der Waals surface area (Å²) in [5.74, 6) is -1.95. The van der Waals surface area contributed by atoms with E-state index in [1.807, 2.05) is 0 Å². The van der Waals surface area contributed by atoms with Crippen LogP contribution in [0, 0.1) is 6.92 Å². The Kier molecular flexibility index (Phi) is 3.59. The summed E-state index contributed by atoms with van der Waals surface area (Å²) in [6.07, 6.45) is 0.401. The van der Waals surface area contributed by atoms with Gasteiger partial charge >= 0.3 is 11.9 Å². The number of aromatic amines is 1. The van der Waals surface area contributed by atoms with Crippen molar-refractivity contribution in [2.75, 3.05) is 0 Å². The Bertz CT molecular complexity index is 507. The van der Waals surface area contributed by atoms with E-state index in [0.29, 0.717) is 6.29 Å². The molecule has 0 bridgehead atoms.